The molecule has 2 heterocycles. The predicted octanol–water partition coefficient (Wildman–Crippen LogP) is 6.03. The Morgan fingerprint density at radius 2 is 1.00 bits per heavy atom. The van der Waals surface area contributed by atoms with Crippen LogP contribution in [-0.4, -0.2) is 9.13 Å². The first-order chi connectivity index (χ1) is 15.8. The van der Waals surface area contributed by atoms with Crippen molar-refractivity contribution in [2.75, 3.05) is 0 Å². The van der Waals surface area contributed by atoms with Crippen LogP contribution >= 0.6 is 0 Å². The second-order valence-electron chi connectivity index (χ2n) is 9.10. The highest BCUT2D eigenvalue weighted by Crippen LogP contribution is 2.14. The quantitative estimate of drug-likeness (QED) is 0.181. The monoisotopic (exact) mass is 432 g/mol. The Morgan fingerprint density at radius 3 is 1.44 bits per heavy atom. The minimum atomic E-state index is 1.11. The van der Waals surface area contributed by atoms with Gasteiger partial charge in [0.2, 0.25) is 12.7 Å². The maximum atomic E-state index is 2.46. The lowest BCUT2D eigenvalue weighted by Gasteiger charge is -2.00. The number of hydrogen-bond donors (Lipinski definition) is 0. The molecule has 0 aliphatic rings. The summed E-state index contributed by atoms with van der Waals surface area (Å²) in [6, 6.07) is 17.7. The van der Waals surface area contributed by atoms with E-state index in [0.29, 0.717) is 0 Å². The summed E-state index contributed by atoms with van der Waals surface area (Å²) < 4.78 is 9.79. The molecule has 4 rings (SSSR count). The van der Waals surface area contributed by atoms with E-state index in [1.54, 1.807) is 0 Å². The molecular weight excluding hydrogens is 392 g/mol. The fraction of sp³-hybridized carbons (Fsp3) is 0.500. The zero-order chi connectivity index (χ0) is 22.2. The third-order valence-corrected chi connectivity index (χ3v) is 6.61. The van der Waals surface area contributed by atoms with Crippen molar-refractivity contribution in [3.8, 4) is 0 Å². The number of fused-ring (bicyclic) bond motifs is 2. The topological polar surface area (TPSA) is 17.6 Å². The Morgan fingerprint density at radius 1 is 0.562 bits per heavy atom. The second-order valence-corrected chi connectivity index (χ2v) is 9.10. The molecule has 2 aromatic heterocycles. The van der Waals surface area contributed by atoms with Gasteiger partial charge >= 0.3 is 0 Å². The first kappa shape index (κ1) is 22.6. The molecule has 2 aromatic carbocycles. The third-order valence-electron chi connectivity index (χ3n) is 6.61. The van der Waals surface area contributed by atoms with E-state index in [4.69, 9.17) is 0 Å². The lowest BCUT2D eigenvalue weighted by atomic mass is 10.2. The Labute approximate surface area is 193 Å². The van der Waals surface area contributed by atoms with Crippen LogP contribution in [0.2, 0.25) is 0 Å². The van der Waals surface area contributed by atoms with Gasteiger partial charge in [0, 0.05) is 0 Å². The van der Waals surface area contributed by atoms with Crippen LogP contribution in [0.1, 0.15) is 65.2 Å². The van der Waals surface area contributed by atoms with E-state index in [9.17, 15) is 0 Å². The Bertz CT molecular complexity index is 1030. The van der Waals surface area contributed by atoms with Crippen LogP contribution in [0.15, 0.2) is 61.2 Å². The maximum absolute atomic E-state index is 2.46. The Hall–Kier alpha value is -2.62. The van der Waals surface area contributed by atoms with Crippen molar-refractivity contribution in [3.05, 3.63) is 61.2 Å². The summed E-state index contributed by atoms with van der Waals surface area (Å²) in [7, 11) is 0. The van der Waals surface area contributed by atoms with Crippen molar-refractivity contribution in [2.24, 2.45) is 0 Å². The number of rotatable bonds is 13. The van der Waals surface area contributed by atoms with Gasteiger partial charge in [-0.05, 0) is 62.8 Å². The Balaban J connectivity index is 1.29. The molecule has 170 valence electrons. The molecule has 0 unspecified atom stereocenters. The summed E-state index contributed by atoms with van der Waals surface area (Å²) in [5.41, 5.74) is 5.49. The number of nitrogens with zero attached hydrogens (tertiary/aromatic N) is 4. The first-order valence-corrected chi connectivity index (χ1v) is 12.8. The van der Waals surface area contributed by atoms with Gasteiger partial charge in [0.05, 0.1) is 26.2 Å². The smallest absolute Gasteiger partial charge is 0.230 e. The number of hydrogen-bond acceptors (Lipinski definition) is 0. The standard InChI is InChI=1S/C28H40N4/c1-3-5-19-29-23-31(27-17-11-9-15-25(27)29)21-13-7-8-14-22-32-24-30(20-6-4-2)26-16-10-12-18-28(26)32/h9-12,15-18,23-24H,3-8,13-14,19-22H2,1-2H3/q+2. The molecule has 32 heavy (non-hydrogen) atoms. The predicted molar refractivity (Wildman–Crippen MR) is 133 cm³/mol. The van der Waals surface area contributed by atoms with Crippen LogP contribution in [0.25, 0.3) is 22.1 Å². The summed E-state index contributed by atoms with van der Waals surface area (Å²) in [4.78, 5) is 0. The van der Waals surface area contributed by atoms with Gasteiger partial charge in [-0.25, -0.2) is 18.3 Å². The summed E-state index contributed by atoms with van der Waals surface area (Å²) in [6.45, 7) is 8.99. The molecule has 0 N–H and O–H groups in total. The van der Waals surface area contributed by atoms with Crippen LogP contribution in [0, 0.1) is 0 Å². The molecule has 4 aromatic rings. The van der Waals surface area contributed by atoms with Gasteiger partial charge < -0.3 is 0 Å². The molecular formula is C28H40N4+2. The van der Waals surface area contributed by atoms with Crippen molar-refractivity contribution < 1.29 is 9.13 Å². The molecule has 4 heteroatoms. The van der Waals surface area contributed by atoms with Crippen molar-refractivity contribution in [1.82, 2.24) is 9.13 Å². The normalized spacial score (nSPS) is 11.7. The summed E-state index contributed by atoms with van der Waals surface area (Å²) >= 11 is 0. The van der Waals surface area contributed by atoms with Crippen molar-refractivity contribution in [1.29, 1.82) is 0 Å². The highest BCUT2D eigenvalue weighted by molar-refractivity contribution is 5.72. The van der Waals surface area contributed by atoms with Crippen LogP contribution in [0.4, 0.5) is 0 Å². The average Bonchev–Trinajstić information content (AvgIpc) is 3.37. The molecule has 0 fully saturated rings. The number of para-hydroxylation sites is 4. The van der Waals surface area contributed by atoms with E-state index in [1.165, 1.54) is 73.4 Å². The van der Waals surface area contributed by atoms with Gasteiger partial charge in [0.1, 0.15) is 0 Å². The molecule has 0 aliphatic carbocycles. The summed E-state index contributed by atoms with van der Waals surface area (Å²) in [5, 5.41) is 0. The zero-order valence-corrected chi connectivity index (χ0v) is 20.0. The highest BCUT2D eigenvalue weighted by atomic mass is 15.1. The largest absolute Gasteiger partial charge is 0.244 e. The number of unbranched alkanes of at least 4 members (excludes halogenated alkanes) is 5. The number of aryl methyl sites for hydroxylation is 4. The average molecular weight is 433 g/mol. The van der Waals surface area contributed by atoms with E-state index >= 15 is 0 Å². The van der Waals surface area contributed by atoms with Crippen LogP contribution in [0.5, 0.6) is 0 Å². The van der Waals surface area contributed by atoms with Crippen LogP contribution in [-0.2, 0) is 26.2 Å². The van der Waals surface area contributed by atoms with Crippen molar-refractivity contribution >= 4 is 22.1 Å². The van der Waals surface area contributed by atoms with E-state index in [2.05, 4.69) is 93.3 Å². The summed E-state index contributed by atoms with van der Waals surface area (Å²) in [5.74, 6) is 0. The molecule has 4 nitrogen and oxygen atoms in total. The van der Waals surface area contributed by atoms with E-state index in [1.807, 2.05) is 0 Å². The SMILES string of the molecule is CCCCn1c[n+](CCCCCC[n+]2cn(CCCC)c3ccccc32)c2ccccc21. The van der Waals surface area contributed by atoms with Crippen molar-refractivity contribution in [3.63, 3.8) is 0 Å². The van der Waals surface area contributed by atoms with Crippen molar-refractivity contribution in [2.45, 2.75) is 91.4 Å². The van der Waals surface area contributed by atoms with Gasteiger partial charge in [0.15, 0.2) is 22.1 Å². The van der Waals surface area contributed by atoms with Gasteiger partial charge in [-0.15, -0.1) is 0 Å². The minimum Gasteiger partial charge on any atom is -0.230 e. The van der Waals surface area contributed by atoms with Crippen LogP contribution < -0.4 is 9.13 Å². The molecule has 0 atom stereocenters. The zero-order valence-electron chi connectivity index (χ0n) is 20.0. The molecule has 0 amide bonds. The van der Waals surface area contributed by atoms with E-state index in [-0.39, 0.29) is 0 Å². The van der Waals surface area contributed by atoms with Gasteiger partial charge in [0.25, 0.3) is 0 Å². The molecule has 0 saturated carbocycles. The van der Waals surface area contributed by atoms with E-state index < -0.39 is 0 Å². The molecule has 0 saturated heterocycles. The second kappa shape index (κ2) is 11.3. The first-order valence-electron chi connectivity index (χ1n) is 12.8. The van der Waals surface area contributed by atoms with Gasteiger partial charge in [-0.2, -0.15) is 0 Å². The number of imidazole rings is 2. The van der Waals surface area contributed by atoms with Crippen LogP contribution in [0.3, 0.4) is 0 Å². The molecule has 0 aliphatic heterocycles. The van der Waals surface area contributed by atoms with Gasteiger partial charge in [-0.1, -0.05) is 51.0 Å². The third kappa shape index (κ3) is 5.23. The number of benzene rings is 2. The fourth-order valence-corrected chi connectivity index (χ4v) is 4.77. The molecule has 0 radical (unpaired) electrons. The molecule has 0 bridgehead atoms. The fourth-order valence-electron chi connectivity index (χ4n) is 4.77. The van der Waals surface area contributed by atoms with E-state index in [0.717, 1.165) is 26.2 Å². The molecule has 0 spiro atoms. The minimum absolute atomic E-state index is 1.11. The van der Waals surface area contributed by atoms with Gasteiger partial charge in [-0.3, -0.25) is 0 Å². The lowest BCUT2D eigenvalue weighted by Crippen LogP contribution is -2.33. The Kier molecular flexibility index (Phi) is 7.97. The number of aromatic nitrogens is 4. The highest BCUT2D eigenvalue weighted by Gasteiger charge is 2.15. The lowest BCUT2D eigenvalue weighted by molar-refractivity contribution is -0.674. The summed E-state index contributed by atoms with van der Waals surface area (Å²) in [6.07, 6.45) is 14.7. The maximum Gasteiger partial charge on any atom is 0.244 e.